The number of nitrogens with zero attached hydrogens (tertiary/aromatic N) is 5. The van der Waals surface area contributed by atoms with Crippen molar-refractivity contribution in [3.8, 4) is 11.3 Å². The second-order valence-electron chi connectivity index (χ2n) is 6.06. The van der Waals surface area contributed by atoms with Crippen LogP contribution in [-0.4, -0.2) is 48.1 Å². The third-order valence-electron chi connectivity index (χ3n) is 3.96. The molecule has 142 valence electrons. The molecule has 0 aliphatic heterocycles. The number of fused-ring (bicyclic) bond motifs is 1. The van der Waals surface area contributed by atoms with Gasteiger partial charge in [0.2, 0.25) is 0 Å². The average molecular weight is 385 g/mol. The first-order valence-corrected chi connectivity index (χ1v) is 9.42. The molecular formula is C18H23N7OS. The van der Waals surface area contributed by atoms with Crippen molar-refractivity contribution in [3.05, 3.63) is 30.7 Å². The van der Waals surface area contributed by atoms with Gasteiger partial charge in [-0.2, -0.15) is 5.10 Å². The fourth-order valence-electron chi connectivity index (χ4n) is 2.61. The van der Waals surface area contributed by atoms with E-state index in [-0.39, 0.29) is 6.61 Å². The van der Waals surface area contributed by atoms with Crippen LogP contribution in [0.1, 0.15) is 26.2 Å². The van der Waals surface area contributed by atoms with Crippen LogP contribution >= 0.6 is 12.2 Å². The van der Waals surface area contributed by atoms with E-state index in [1.54, 1.807) is 12.4 Å². The number of aliphatic hydroxyl groups excluding tert-OH is 1. The van der Waals surface area contributed by atoms with Gasteiger partial charge in [-0.3, -0.25) is 9.67 Å². The van der Waals surface area contributed by atoms with Gasteiger partial charge in [0.05, 0.1) is 18.1 Å². The van der Waals surface area contributed by atoms with Gasteiger partial charge in [-0.15, -0.1) is 0 Å². The number of anilines is 1. The molecule has 0 unspecified atom stereocenters. The molecule has 8 nitrogen and oxygen atoms in total. The monoisotopic (exact) mass is 385 g/mol. The van der Waals surface area contributed by atoms with Gasteiger partial charge in [0.25, 0.3) is 0 Å². The van der Waals surface area contributed by atoms with Crippen molar-refractivity contribution in [2.45, 2.75) is 32.7 Å². The van der Waals surface area contributed by atoms with Crippen LogP contribution in [0, 0.1) is 0 Å². The van der Waals surface area contributed by atoms with Gasteiger partial charge in [-0.05, 0) is 50.5 Å². The number of aryl methyl sites for hydroxylation is 1. The van der Waals surface area contributed by atoms with Crippen LogP contribution in [0.15, 0.2) is 30.7 Å². The predicted molar refractivity (Wildman–Crippen MR) is 109 cm³/mol. The molecule has 0 spiro atoms. The molecule has 3 N–H and O–H groups in total. The number of hydrogen-bond acceptors (Lipinski definition) is 6. The molecule has 0 saturated carbocycles. The minimum atomic E-state index is 0.236. The highest BCUT2D eigenvalue weighted by molar-refractivity contribution is 7.80. The highest BCUT2D eigenvalue weighted by Gasteiger charge is 2.08. The number of hydrogen-bond donors (Lipinski definition) is 3. The van der Waals surface area contributed by atoms with E-state index >= 15 is 0 Å². The summed E-state index contributed by atoms with van der Waals surface area (Å²) in [7, 11) is 0. The van der Waals surface area contributed by atoms with Crippen molar-refractivity contribution in [2.24, 2.45) is 0 Å². The summed E-state index contributed by atoms with van der Waals surface area (Å²) in [5.41, 5.74) is 2.89. The lowest BCUT2D eigenvalue weighted by Crippen LogP contribution is -2.28. The van der Waals surface area contributed by atoms with E-state index in [9.17, 15) is 0 Å². The first kappa shape index (κ1) is 19.1. The SMILES string of the molecule is CCNC(=S)Nc1ccc2ncc(-c3cnn(CCCCCO)c3)nc2n1. The van der Waals surface area contributed by atoms with Crippen LogP contribution in [-0.2, 0) is 6.54 Å². The lowest BCUT2D eigenvalue weighted by molar-refractivity contribution is 0.281. The summed E-state index contributed by atoms with van der Waals surface area (Å²) >= 11 is 5.19. The normalized spacial score (nSPS) is 10.9. The Morgan fingerprint density at radius 2 is 2.07 bits per heavy atom. The van der Waals surface area contributed by atoms with E-state index in [1.165, 1.54) is 0 Å². The third kappa shape index (κ3) is 5.18. The smallest absolute Gasteiger partial charge is 0.180 e. The Kier molecular flexibility index (Phi) is 6.61. The Hall–Kier alpha value is -2.65. The number of nitrogens with one attached hydrogen (secondary N) is 2. The fraction of sp³-hybridized carbons (Fsp3) is 0.389. The zero-order valence-corrected chi connectivity index (χ0v) is 16.0. The summed E-state index contributed by atoms with van der Waals surface area (Å²) in [5, 5.41) is 19.8. The Bertz CT molecular complexity index is 912. The first-order valence-electron chi connectivity index (χ1n) is 9.02. The van der Waals surface area contributed by atoms with Gasteiger partial charge in [0, 0.05) is 31.5 Å². The molecule has 3 aromatic heterocycles. The van der Waals surface area contributed by atoms with Gasteiger partial charge in [0.1, 0.15) is 11.3 Å². The first-order chi connectivity index (χ1) is 13.2. The van der Waals surface area contributed by atoms with E-state index in [0.29, 0.717) is 16.6 Å². The molecule has 9 heteroatoms. The maximum atomic E-state index is 8.84. The molecule has 3 aromatic rings. The standard InChI is InChI=1S/C18H23N7OS/c1-2-19-18(27)24-16-7-6-14-17(23-16)22-15(11-20-14)13-10-21-25(12-13)8-4-3-5-9-26/h6-7,10-12,26H,2-5,8-9H2,1H3,(H2,19,22,23,24,27). The molecule has 0 radical (unpaired) electrons. The highest BCUT2D eigenvalue weighted by atomic mass is 32.1. The van der Waals surface area contributed by atoms with Crippen LogP contribution in [0.5, 0.6) is 0 Å². The fourth-order valence-corrected chi connectivity index (χ4v) is 2.86. The summed E-state index contributed by atoms with van der Waals surface area (Å²) in [5.74, 6) is 0.625. The third-order valence-corrected chi connectivity index (χ3v) is 4.21. The number of pyridine rings is 1. The van der Waals surface area contributed by atoms with Crippen molar-refractivity contribution in [3.63, 3.8) is 0 Å². The molecule has 0 atom stereocenters. The molecule has 0 aliphatic carbocycles. The van der Waals surface area contributed by atoms with Crippen molar-refractivity contribution in [1.82, 2.24) is 30.0 Å². The molecule has 27 heavy (non-hydrogen) atoms. The summed E-state index contributed by atoms with van der Waals surface area (Å²) in [6.07, 6.45) is 8.25. The van der Waals surface area contributed by atoms with Crippen molar-refractivity contribution in [1.29, 1.82) is 0 Å². The van der Waals surface area contributed by atoms with Gasteiger partial charge in [0.15, 0.2) is 10.8 Å². The molecular weight excluding hydrogens is 362 g/mol. The van der Waals surface area contributed by atoms with E-state index < -0.39 is 0 Å². The zero-order valence-electron chi connectivity index (χ0n) is 15.2. The molecule has 3 heterocycles. The molecule has 0 fully saturated rings. The van der Waals surface area contributed by atoms with Gasteiger partial charge < -0.3 is 15.7 Å². The molecule has 3 rings (SSSR count). The minimum absolute atomic E-state index is 0.236. The van der Waals surface area contributed by atoms with Gasteiger partial charge >= 0.3 is 0 Å². The summed E-state index contributed by atoms with van der Waals surface area (Å²) in [4.78, 5) is 13.6. The summed E-state index contributed by atoms with van der Waals surface area (Å²) in [6, 6.07) is 3.69. The maximum absolute atomic E-state index is 8.84. The molecule has 0 amide bonds. The van der Waals surface area contributed by atoms with Crippen molar-refractivity contribution < 1.29 is 5.11 Å². The molecule has 0 bridgehead atoms. The van der Waals surface area contributed by atoms with E-state index in [0.717, 1.165) is 49.1 Å². The molecule has 0 aromatic carbocycles. The number of aromatic nitrogens is 5. The lowest BCUT2D eigenvalue weighted by Gasteiger charge is -2.08. The predicted octanol–water partition coefficient (Wildman–Crippen LogP) is 2.36. The maximum Gasteiger partial charge on any atom is 0.180 e. The van der Waals surface area contributed by atoms with Crippen LogP contribution in [0.2, 0.25) is 0 Å². The quantitative estimate of drug-likeness (QED) is 0.401. The zero-order chi connectivity index (χ0) is 19.1. The summed E-state index contributed by atoms with van der Waals surface area (Å²) in [6.45, 7) is 3.77. The minimum Gasteiger partial charge on any atom is -0.396 e. The summed E-state index contributed by atoms with van der Waals surface area (Å²) < 4.78 is 1.89. The van der Waals surface area contributed by atoms with E-state index in [2.05, 4.69) is 30.7 Å². The van der Waals surface area contributed by atoms with Gasteiger partial charge in [-0.25, -0.2) is 9.97 Å². The van der Waals surface area contributed by atoms with E-state index in [1.807, 2.05) is 29.9 Å². The van der Waals surface area contributed by atoms with Gasteiger partial charge in [-0.1, -0.05) is 0 Å². The second-order valence-corrected chi connectivity index (χ2v) is 6.46. The number of thiocarbonyl (C=S) groups is 1. The van der Waals surface area contributed by atoms with E-state index in [4.69, 9.17) is 17.3 Å². The Labute approximate surface area is 163 Å². The number of unbranched alkanes of at least 4 members (excludes halogenated alkanes) is 2. The highest BCUT2D eigenvalue weighted by Crippen LogP contribution is 2.19. The Balaban J connectivity index is 1.75. The number of rotatable bonds is 8. The van der Waals surface area contributed by atoms with Crippen LogP contribution < -0.4 is 10.6 Å². The molecule has 0 saturated heterocycles. The van der Waals surface area contributed by atoms with Crippen LogP contribution in [0.4, 0.5) is 5.82 Å². The van der Waals surface area contributed by atoms with Crippen LogP contribution in [0.3, 0.4) is 0 Å². The Morgan fingerprint density at radius 1 is 1.19 bits per heavy atom. The van der Waals surface area contributed by atoms with Crippen molar-refractivity contribution >= 4 is 34.3 Å². The largest absolute Gasteiger partial charge is 0.396 e. The topological polar surface area (TPSA) is 101 Å². The Morgan fingerprint density at radius 3 is 2.89 bits per heavy atom. The molecule has 0 aliphatic rings. The lowest BCUT2D eigenvalue weighted by atomic mass is 10.2. The van der Waals surface area contributed by atoms with Crippen molar-refractivity contribution in [2.75, 3.05) is 18.5 Å². The van der Waals surface area contributed by atoms with Crippen LogP contribution in [0.25, 0.3) is 22.4 Å². The second kappa shape index (κ2) is 9.33. The average Bonchev–Trinajstić information content (AvgIpc) is 3.14. The number of aliphatic hydroxyl groups is 1.